The molecular formula is C24H27N3O5. The minimum atomic E-state index is -0.345. The van der Waals surface area contributed by atoms with Crippen molar-refractivity contribution in [1.29, 1.82) is 0 Å². The van der Waals surface area contributed by atoms with Gasteiger partial charge in [0.15, 0.2) is 0 Å². The SMILES string of the molecule is CCc1[nH]c(=O)ccc1C(=O)N1CCC2(CC1)OCCc1c2[nH]c2ccccc12.O=CO. The van der Waals surface area contributed by atoms with Crippen LogP contribution in [-0.4, -0.2) is 52.1 Å². The number of amides is 1. The first-order valence-corrected chi connectivity index (χ1v) is 10.9. The van der Waals surface area contributed by atoms with Crippen LogP contribution >= 0.6 is 0 Å². The minimum Gasteiger partial charge on any atom is -0.483 e. The van der Waals surface area contributed by atoms with Crippen molar-refractivity contribution in [3.8, 4) is 0 Å². The Kier molecular flexibility index (Phi) is 6.14. The van der Waals surface area contributed by atoms with Crippen molar-refractivity contribution >= 4 is 23.3 Å². The van der Waals surface area contributed by atoms with Crippen LogP contribution in [-0.2, 0) is 28.0 Å². The molecule has 168 valence electrons. The second-order valence-corrected chi connectivity index (χ2v) is 8.08. The fourth-order valence-corrected chi connectivity index (χ4v) is 4.90. The Hall–Kier alpha value is -3.39. The highest BCUT2D eigenvalue weighted by atomic mass is 16.5. The molecule has 4 heterocycles. The molecule has 0 saturated carbocycles. The first-order chi connectivity index (χ1) is 15.5. The first-order valence-electron chi connectivity index (χ1n) is 10.9. The van der Waals surface area contributed by atoms with Gasteiger partial charge in [0.25, 0.3) is 12.4 Å². The van der Waals surface area contributed by atoms with Gasteiger partial charge in [-0.3, -0.25) is 14.4 Å². The number of benzene rings is 1. The molecule has 3 N–H and O–H groups in total. The number of aromatic nitrogens is 2. The zero-order valence-electron chi connectivity index (χ0n) is 18.0. The number of hydrogen-bond acceptors (Lipinski definition) is 4. The number of carbonyl (C=O) groups is 2. The van der Waals surface area contributed by atoms with Gasteiger partial charge >= 0.3 is 0 Å². The van der Waals surface area contributed by atoms with Gasteiger partial charge in [-0.05, 0) is 43.4 Å². The minimum absolute atomic E-state index is 0.0133. The number of fused-ring (bicyclic) bond motifs is 4. The van der Waals surface area contributed by atoms with Crippen molar-refractivity contribution in [2.75, 3.05) is 19.7 Å². The number of rotatable bonds is 2. The number of hydrogen-bond donors (Lipinski definition) is 3. The van der Waals surface area contributed by atoms with Crippen molar-refractivity contribution in [2.45, 2.75) is 38.2 Å². The van der Waals surface area contributed by atoms with Gasteiger partial charge in [0.1, 0.15) is 5.60 Å². The number of pyridine rings is 1. The average molecular weight is 437 g/mol. The molecule has 1 fully saturated rings. The van der Waals surface area contributed by atoms with E-state index in [1.807, 2.05) is 11.8 Å². The summed E-state index contributed by atoms with van der Waals surface area (Å²) in [5, 5.41) is 8.17. The Balaban J connectivity index is 0.000000775. The zero-order chi connectivity index (χ0) is 22.7. The monoisotopic (exact) mass is 437 g/mol. The Labute approximate surface area is 185 Å². The van der Waals surface area contributed by atoms with Gasteiger partial charge < -0.3 is 24.7 Å². The van der Waals surface area contributed by atoms with Gasteiger partial charge in [-0.15, -0.1) is 0 Å². The molecule has 5 rings (SSSR count). The molecule has 0 unspecified atom stereocenters. The normalized spacial score (nSPS) is 16.8. The molecule has 0 aliphatic carbocycles. The van der Waals surface area contributed by atoms with Crippen LogP contribution in [0.3, 0.4) is 0 Å². The molecule has 8 nitrogen and oxygen atoms in total. The van der Waals surface area contributed by atoms with Crippen LogP contribution in [0.25, 0.3) is 10.9 Å². The highest BCUT2D eigenvalue weighted by molar-refractivity contribution is 5.95. The Bertz CT molecular complexity index is 1190. The molecule has 0 radical (unpaired) electrons. The summed E-state index contributed by atoms with van der Waals surface area (Å²) in [6.07, 6.45) is 3.07. The van der Waals surface area contributed by atoms with Gasteiger partial charge in [-0.2, -0.15) is 0 Å². The lowest BCUT2D eigenvalue weighted by Gasteiger charge is -2.43. The van der Waals surface area contributed by atoms with E-state index in [9.17, 15) is 9.59 Å². The third-order valence-electron chi connectivity index (χ3n) is 6.44. The van der Waals surface area contributed by atoms with Crippen LogP contribution in [0, 0.1) is 0 Å². The van der Waals surface area contributed by atoms with Gasteiger partial charge in [0.05, 0.1) is 17.9 Å². The summed E-state index contributed by atoms with van der Waals surface area (Å²) in [4.78, 5) is 41.4. The van der Waals surface area contributed by atoms with Crippen molar-refractivity contribution < 1.29 is 19.4 Å². The number of aryl methyl sites for hydroxylation is 1. The highest BCUT2D eigenvalue weighted by Gasteiger charge is 2.43. The predicted octanol–water partition coefficient (Wildman–Crippen LogP) is 2.82. The second-order valence-electron chi connectivity index (χ2n) is 8.08. The van der Waals surface area contributed by atoms with Crippen molar-refractivity contribution in [3.05, 3.63) is 69.3 Å². The predicted molar refractivity (Wildman–Crippen MR) is 120 cm³/mol. The van der Waals surface area contributed by atoms with E-state index >= 15 is 0 Å². The standard InChI is InChI=1S/C23H25N3O3.CH2O2/c1-2-18-17(7-8-20(27)24-18)22(28)26-12-10-23(11-13-26)21-16(9-14-29-23)15-5-3-4-6-19(15)25-21;2-1-3/h3-8,25H,2,9-14H2,1H3,(H,24,27);1H,(H,2,3). The molecule has 32 heavy (non-hydrogen) atoms. The van der Waals surface area contributed by atoms with Crippen LogP contribution < -0.4 is 5.56 Å². The number of carbonyl (C=O) groups excluding carboxylic acids is 1. The molecule has 0 bridgehead atoms. The van der Waals surface area contributed by atoms with E-state index < -0.39 is 0 Å². The number of nitrogens with one attached hydrogen (secondary N) is 2. The van der Waals surface area contributed by atoms with Gasteiger partial charge in [0, 0.05) is 35.8 Å². The summed E-state index contributed by atoms with van der Waals surface area (Å²) >= 11 is 0. The Morgan fingerprint density at radius 1 is 1.19 bits per heavy atom. The number of para-hydroxylation sites is 1. The van der Waals surface area contributed by atoms with E-state index in [1.165, 1.54) is 22.7 Å². The molecule has 8 heteroatoms. The van der Waals surface area contributed by atoms with Crippen molar-refractivity contribution in [2.24, 2.45) is 0 Å². The number of ether oxygens (including phenoxy) is 1. The first kappa shape index (κ1) is 21.8. The summed E-state index contributed by atoms with van der Waals surface area (Å²) < 4.78 is 6.34. The molecule has 1 amide bonds. The van der Waals surface area contributed by atoms with E-state index in [2.05, 4.69) is 34.2 Å². The summed E-state index contributed by atoms with van der Waals surface area (Å²) in [5.74, 6) is -0.0133. The summed E-state index contributed by atoms with van der Waals surface area (Å²) in [5.41, 5.74) is 4.49. The third-order valence-corrected chi connectivity index (χ3v) is 6.44. The highest BCUT2D eigenvalue weighted by Crippen LogP contribution is 2.43. The number of H-pyrrole nitrogens is 2. The van der Waals surface area contributed by atoms with E-state index in [0.717, 1.165) is 24.8 Å². The maximum Gasteiger partial charge on any atom is 0.290 e. The van der Waals surface area contributed by atoms with Crippen molar-refractivity contribution in [1.82, 2.24) is 14.9 Å². The quantitative estimate of drug-likeness (QED) is 0.533. The molecule has 2 aliphatic rings. The maximum atomic E-state index is 13.1. The number of nitrogens with zero attached hydrogens (tertiary/aromatic N) is 1. The Morgan fingerprint density at radius 3 is 2.62 bits per heavy atom. The van der Waals surface area contributed by atoms with Crippen LogP contribution in [0.5, 0.6) is 0 Å². The van der Waals surface area contributed by atoms with Gasteiger partial charge in [0.2, 0.25) is 5.56 Å². The Morgan fingerprint density at radius 2 is 1.91 bits per heavy atom. The van der Waals surface area contributed by atoms with E-state index in [4.69, 9.17) is 14.6 Å². The summed E-state index contributed by atoms with van der Waals surface area (Å²) in [6.45, 7) is 3.68. The largest absolute Gasteiger partial charge is 0.483 e. The smallest absolute Gasteiger partial charge is 0.290 e. The van der Waals surface area contributed by atoms with E-state index in [1.54, 1.807) is 6.07 Å². The second kappa shape index (κ2) is 9.00. The lowest BCUT2D eigenvalue weighted by atomic mass is 9.83. The number of carboxylic acid groups (broad SMARTS) is 1. The van der Waals surface area contributed by atoms with E-state index in [-0.39, 0.29) is 23.5 Å². The fourth-order valence-electron chi connectivity index (χ4n) is 4.90. The van der Waals surface area contributed by atoms with Crippen LogP contribution in [0.1, 0.15) is 47.1 Å². The summed E-state index contributed by atoms with van der Waals surface area (Å²) in [6, 6.07) is 11.5. The van der Waals surface area contributed by atoms with Crippen LogP contribution in [0.4, 0.5) is 0 Å². The molecule has 2 aromatic heterocycles. The number of piperidine rings is 1. The van der Waals surface area contributed by atoms with E-state index in [0.29, 0.717) is 37.4 Å². The number of aromatic amines is 2. The molecule has 1 spiro atoms. The molecular weight excluding hydrogens is 410 g/mol. The average Bonchev–Trinajstić information content (AvgIpc) is 3.20. The van der Waals surface area contributed by atoms with Crippen LogP contribution in [0.2, 0.25) is 0 Å². The van der Waals surface area contributed by atoms with Crippen molar-refractivity contribution in [3.63, 3.8) is 0 Å². The molecule has 3 aromatic rings. The molecule has 2 aliphatic heterocycles. The summed E-state index contributed by atoms with van der Waals surface area (Å²) in [7, 11) is 0. The molecule has 0 atom stereocenters. The lowest BCUT2D eigenvalue weighted by molar-refractivity contribution is -0.122. The number of likely N-dealkylation sites (tertiary alicyclic amines) is 1. The zero-order valence-corrected chi connectivity index (χ0v) is 18.0. The molecule has 1 saturated heterocycles. The lowest BCUT2D eigenvalue weighted by Crippen LogP contribution is -2.48. The van der Waals surface area contributed by atoms with Gasteiger partial charge in [-0.25, -0.2) is 0 Å². The maximum absolute atomic E-state index is 13.1. The topological polar surface area (TPSA) is 115 Å². The van der Waals surface area contributed by atoms with Crippen LogP contribution in [0.15, 0.2) is 41.2 Å². The fraction of sp³-hybridized carbons (Fsp3) is 0.375. The third kappa shape index (κ3) is 3.82. The molecule has 1 aromatic carbocycles. The van der Waals surface area contributed by atoms with Gasteiger partial charge in [-0.1, -0.05) is 25.1 Å².